The quantitative estimate of drug-likeness (QED) is 0.606. The van der Waals surface area contributed by atoms with E-state index in [0.29, 0.717) is 0 Å². The number of benzene rings is 2. The zero-order valence-corrected chi connectivity index (χ0v) is 18.6. The predicted molar refractivity (Wildman–Crippen MR) is 115 cm³/mol. The van der Waals surface area contributed by atoms with Crippen LogP contribution in [-0.4, -0.2) is 57.4 Å². The molecule has 33 heavy (non-hydrogen) atoms. The summed E-state index contributed by atoms with van der Waals surface area (Å²) in [6.45, 7) is -0.504. The molecule has 1 aliphatic heterocycles. The van der Waals surface area contributed by atoms with Crippen LogP contribution in [0.15, 0.2) is 53.4 Å². The van der Waals surface area contributed by atoms with Crippen molar-refractivity contribution in [3.63, 3.8) is 0 Å². The minimum Gasteiger partial charge on any atom is -0.465 e. The zero-order valence-electron chi connectivity index (χ0n) is 17.8. The standard InChI is InChI=1S/C22H23FN2O7S/c1-31-22(28)16-6-2-5-9-19(16)33(29,30)25-12-10-15(11-13-25)21(27)32-14-20(26)24-18-8-4-3-7-17(18)23/h2-9,15H,10-14H2,1H3,(H,24,26). The van der Waals surface area contributed by atoms with E-state index in [1.165, 1.54) is 53.9 Å². The third-order valence-corrected chi connectivity index (χ3v) is 7.15. The molecule has 2 aromatic carbocycles. The van der Waals surface area contributed by atoms with Crippen molar-refractivity contribution in [2.45, 2.75) is 17.7 Å². The number of rotatable bonds is 7. The van der Waals surface area contributed by atoms with Crippen molar-refractivity contribution in [2.75, 3.05) is 32.1 Å². The number of carbonyl (C=O) groups excluding carboxylic acids is 3. The first-order valence-electron chi connectivity index (χ1n) is 10.1. The van der Waals surface area contributed by atoms with Crippen LogP contribution in [0.4, 0.5) is 10.1 Å². The number of piperidine rings is 1. The summed E-state index contributed by atoms with van der Waals surface area (Å²) in [6, 6.07) is 11.3. The van der Waals surface area contributed by atoms with Crippen molar-refractivity contribution < 1.29 is 36.7 Å². The highest BCUT2D eigenvalue weighted by Gasteiger charge is 2.35. The fourth-order valence-corrected chi connectivity index (χ4v) is 5.09. The van der Waals surface area contributed by atoms with Gasteiger partial charge in [0.25, 0.3) is 5.91 Å². The second kappa shape index (κ2) is 10.5. The second-order valence-corrected chi connectivity index (χ2v) is 9.21. The normalized spacial score (nSPS) is 15.0. The Morgan fingerprint density at radius 2 is 1.70 bits per heavy atom. The maximum Gasteiger partial charge on any atom is 0.339 e. The van der Waals surface area contributed by atoms with E-state index in [0.717, 1.165) is 0 Å². The molecule has 0 unspecified atom stereocenters. The Morgan fingerprint density at radius 3 is 2.36 bits per heavy atom. The van der Waals surface area contributed by atoms with E-state index < -0.39 is 46.2 Å². The van der Waals surface area contributed by atoms with Gasteiger partial charge in [-0.15, -0.1) is 0 Å². The minimum absolute atomic E-state index is 0.0238. The molecule has 1 saturated heterocycles. The number of para-hydroxylation sites is 1. The average Bonchev–Trinajstić information content (AvgIpc) is 2.83. The molecule has 1 N–H and O–H groups in total. The van der Waals surface area contributed by atoms with Crippen molar-refractivity contribution in [3.05, 3.63) is 59.9 Å². The molecule has 0 atom stereocenters. The number of methoxy groups -OCH3 is 1. The number of sulfonamides is 1. The van der Waals surface area contributed by atoms with E-state index in [2.05, 4.69) is 10.1 Å². The number of halogens is 1. The van der Waals surface area contributed by atoms with Gasteiger partial charge < -0.3 is 14.8 Å². The summed E-state index contributed by atoms with van der Waals surface area (Å²) in [4.78, 5) is 36.0. The third kappa shape index (κ3) is 5.74. The van der Waals surface area contributed by atoms with Crippen LogP contribution < -0.4 is 5.32 Å². The Morgan fingerprint density at radius 1 is 1.06 bits per heavy atom. The lowest BCUT2D eigenvalue weighted by Crippen LogP contribution is -2.41. The fourth-order valence-electron chi connectivity index (χ4n) is 3.44. The molecule has 9 nitrogen and oxygen atoms in total. The summed E-state index contributed by atoms with van der Waals surface area (Å²) in [7, 11) is -2.81. The van der Waals surface area contributed by atoms with Crippen molar-refractivity contribution >= 4 is 33.6 Å². The number of ether oxygens (including phenoxy) is 2. The van der Waals surface area contributed by atoms with Crippen molar-refractivity contribution in [1.29, 1.82) is 0 Å². The summed E-state index contributed by atoms with van der Waals surface area (Å²) in [5.41, 5.74) is -0.0910. The number of nitrogens with one attached hydrogen (secondary N) is 1. The van der Waals surface area contributed by atoms with Gasteiger partial charge in [-0.2, -0.15) is 4.31 Å². The Labute approximate surface area is 190 Å². The van der Waals surface area contributed by atoms with Crippen molar-refractivity contribution in [3.8, 4) is 0 Å². The van der Waals surface area contributed by atoms with Crippen LogP contribution in [0, 0.1) is 11.7 Å². The van der Waals surface area contributed by atoms with Crippen LogP contribution in [0.3, 0.4) is 0 Å². The summed E-state index contributed by atoms with van der Waals surface area (Å²) in [5, 5.41) is 2.32. The monoisotopic (exact) mass is 478 g/mol. The first-order chi connectivity index (χ1) is 15.7. The number of hydrogen-bond donors (Lipinski definition) is 1. The van der Waals surface area contributed by atoms with Crippen LogP contribution in [-0.2, 0) is 29.1 Å². The topological polar surface area (TPSA) is 119 Å². The number of amides is 1. The largest absolute Gasteiger partial charge is 0.465 e. The van der Waals surface area contributed by atoms with Crippen LogP contribution in [0.5, 0.6) is 0 Å². The van der Waals surface area contributed by atoms with Gasteiger partial charge in [-0.25, -0.2) is 17.6 Å². The smallest absolute Gasteiger partial charge is 0.339 e. The molecule has 0 radical (unpaired) electrons. The molecule has 1 aliphatic rings. The SMILES string of the molecule is COC(=O)c1ccccc1S(=O)(=O)N1CCC(C(=O)OCC(=O)Nc2ccccc2F)CC1. The van der Waals surface area contributed by atoms with Crippen LogP contribution in [0.25, 0.3) is 0 Å². The number of esters is 2. The number of nitrogens with zero attached hydrogens (tertiary/aromatic N) is 1. The van der Waals surface area contributed by atoms with Crippen LogP contribution in [0.1, 0.15) is 23.2 Å². The third-order valence-electron chi connectivity index (χ3n) is 5.19. The molecule has 0 aromatic heterocycles. The van der Waals surface area contributed by atoms with E-state index in [1.54, 1.807) is 6.07 Å². The van der Waals surface area contributed by atoms with E-state index >= 15 is 0 Å². The molecule has 176 valence electrons. The maximum absolute atomic E-state index is 13.6. The van der Waals surface area contributed by atoms with Crippen molar-refractivity contribution in [1.82, 2.24) is 4.31 Å². The molecular formula is C22H23FN2O7S. The molecule has 1 amide bonds. The molecule has 0 saturated carbocycles. The second-order valence-electron chi connectivity index (χ2n) is 7.30. The fraction of sp³-hybridized carbons (Fsp3) is 0.318. The molecule has 1 heterocycles. The van der Waals surface area contributed by atoms with E-state index in [9.17, 15) is 27.2 Å². The van der Waals surface area contributed by atoms with Gasteiger partial charge in [0.15, 0.2) is 6.61 Å². The molecule has 11 heteroatoms. The molecule has 2 aromatic rings. The lowest BCUT2D eigenvalue weighted by molar-refractivity contribution is -0.152. The molecule has 1 fully saturated rings. The Balaban J connectivity index is 1.55. The minimum atomic E-state index is -3.98. The van der Waals surface area contributed by atoms with Gasteiger partial charge in [0.2, 0.25) is 10.0 Å². The number of carbonyl (C=O) groups is 3. The van der Waals surface area contributed by atoms with Gasteiger partial charge in [0.1, 0.15) is 5.82 Å². The molecule has 0 aliphatic carbocycles. The number of anilines is 1. The predicted octanol–water partition coefficient (Wildman–Crippen LogP) is 2.19. The molecular weight excluding hydrogens is 455 g/mol. The Hall–Kier alpha value is -3.31. The van der Waals surface area contributed by atoms with Gasteiger partial charge in [0.05, 0.1) is 29.2 Å². The van der Waals surface area contributed by atoms with Gasteiger partial charge in [-0.05, 0) is 37.1 Å². The lowest BCUT2D eigenvalue weighted by Gasteiger charge is -2.30. The van der Waals surface area contributed by atoms with Crippen LogP contribution >= 0.6 is 0 Å². The van der Waals surface area contributed by atoms with Crippen molar-refractivity contribution in [2.24, 2.45) is 5.92 Å². The number of hydrogen-bond acceptors (Lipinski definition) is 7. The average molecular weight is 478 g/mol. The van der Waals surface area contributed by atoms with Gasteiger partial charge in [-0.1, -0.05) is 24.3 Å². The molecule has 3 rings (SSSR count). The zero-order chi connectivity index (χ0) is 24.0. The van der Waals surface area contributed by atoms with E-state index in [-0.39, 0.29) is 42.1 Å². The van der Waals surface area contributed by atoms with E-state index in [4.69, 9.17) is 4.74 Å². The summed E-state index contributed by atoms with van der Waals surface area (Å²) in [5.74, 6) is -3.28. The van der Waals surface area contributed by atoms with Gasteiger partial charge in [0, 0.05) is 13.1 Å². The summed E-state index contributed by atoms with van der Waals surface area (Å²) < 4.78 is 50.5. The first kappa shape index (κ1) is 24.3. The van der Waals surface area contributed by atoms with Gasteiger partial charge >= 0.3 is 11.9 Å². The molecule has 0 spiro atoms. The first-order valence-corrected chi connectivity index (χ1v) is 11.6. The lowest BCUT2D eigenvalue weighted by atomic mass is 9.98. The van der Waals surface area contributed by atoms with Gasteiger partial charge in [-0.3, -0.25) is 9.59 Å². The molecule has 0 bridgehead atoms. The Bertz CT molecular complexity index is 1140. The highest BCUT2D eigenvalue weighted by molar-refractivity contribution is 7.89. The van der Waals surface area contributed by atoms with Crippen LogP contribution in [0.2, 0.25) is 0 Å². The summed E-state index contributed by atoms with van der Waals surface area (Å²) >= 11 is 0. The highest BCUT2D eigenvalue weighted by atomic mass is 32.2. The highest BCUT2D eigenvalue weighted by Crippen LogP contribution is 2.27. The summed E-state index contributed by atoms with van der Waals surface area (Å²) in [6.07, 6.45) is 0.376. The maximum atomic E-state index is 13.6. The Kier molecular flexibility index (Phi) is 7.77. The van der Waals surface area contributed by atoms with E-state index in [1.807, 2.05) is 0 Å².